The van der Waals surface area contributed by atoms with Crippen LogP contribution in [0.5, 0.6) is 0 Å². The van der Waals surface area contributed by atoms with Crippen molar-refractivity contribution in [3.63, 3.8) is 0 Å². The van der Waals surface area contributed by atoms with Gasteiger partial charge in [-0.25, -0.2) is 0 Å². The van der Waals surface area contributed by atoms with Crippen LogP contribution in [0, 0.1) is 0 Å². The Kier molecular flexibility index (Phi) is 11.7. The van der Waals surface area contributed by atoms with Crippen molar-refractivity contribution in [3.8, 4) is 0 Å². The van der Waals surface area contributed by atoms with Crippen LogP contribution in [0.15, 0.2) is 75.5 Å². The number of hydrogen-bond donors (Lipinski definition) is 4. The first-order valence-corrected chi connectivity index (χ1v) is 14.3. The molecule has 0 bridgehead atoms. The molecule has 38 heavy (non-hydrogen) atoms. The van der Waals surface area contributed by atoms with Gasteiger partial charge in [-0.2, -0.15) is 13.1 Å². The molecule has 0 amide bonds. The molecule has 0 spiro atoms. The number of allylic oxidation sites excluding steroid dienone is 4. The molecule has 3 heterocycles. The molecule has 0 saturated heterocycles. The van der Waals surface area contributed by atoms with Crippen molar-refractivity contribution in [2.45, 2.75) is 73.3 Å². The summed E-state index contributed by atoms with van der Waals surface area (Å²) >= 11 is 0. The molecule has 2 aromatic carbocycles. The van der Waals surface area contributed by atoms with Gasteiger partial charge in [0, 0.05) is 29.2 Å². The first-order chi connectivity index (χ1) is 18.0. The molecule has 0 saturated carbocycles. The van der Waals surface area contributed by atoms with Gasteiger partial charge in [0.2, 0.25) is 0 Å². The Balaban J connectivity index is 0.000000188. The van der Waals surface area contributed by atoms with Gasteiger partial charge >= 0.3 is 10.2 Å². The number of rotatable bonds is 2. The quantitative estimate of drug-likeness (QED) is 0.375. The molecule has 2 aromatic rings. The number of anilines is 2. The SMILES string of the molecule is CC1=C(C)Nc2ccccc2C1.CC1=C(C)Nc2ccccc2C1.CCC1NS(=O)(=O)N=C1N.CCC=O. The lowest BCUT2D eigenvalue weighted by Crippen LogP contribution is -2.35. The van der Waals surface area contributed by atoms with E-state index in [2.05, 4.69) is 96.0 Å². The van der Waals surface area contributed by atoms with E-state index in [0.29, 0.717) is 12.8 Å². The molecule has 0 fully saturated rings. The second kappa shape index (κ2) is 14.5. The summed E-state index contributed by atoms with van der Waals surface area (Å²) in [4.78, 5) is 9.17. The van der Waals surface area contributed by atoms with E-state index in [9.17, 15) is 13.2 Å². The molecule has 1 atom stereocenters. The number of fused-ring (bicyclic) bond motifs is 2. The van der Waals surface area contributed by atoms with E-state index in [0.717, 1.165) is 19.1 Å². The monoisotopic (exact) mass is 539 g/mol. The van der Waals surface area contributed by atoms with Crippen LogP contribution in [0.2, 0.25) is 0 Å². The van der Waals surface area contributed by atoms with Crippen LogP contribution in [0.3, 0.4) is 0 Å². The Morgan fingerprint density at radius 2 is 1.29 bits per heavy atom. The highest BCUT2D eigenvalue weighted by atomic mass is 32.2. The van der Waals surface area contributed by atoms with Crippen LogP contribution in [0.4, 0.5) is 11.4 Å². The maximum atomic E-state index is 10.6. The van der Waals surface area contributed by atoms with E-state index >= 15 is 0 Å². The van der Waals surface area contributed by atoms with Gasteiger partial charge < -0.3 is 21.2 Å². The van der Waals surface area contributed by atoms with Gasteiger partial charge in [0.15, 0.2) is 0 Å². The summed E-state index contributed by atoms with van der Waals surface area (Å²) in [7, 11) is -3.44. The van der Waals surface area contributed by atoms with Crippen molar-refractivity contribution < 1.29 is 13.2 Å². The summed E-state index contributed by atoms with van der Waals surface area (Å²) in [5.74, 6) is 0.155. The Bertz CT molecular complexity index is 1180. The molecule has 206 valence electrons. The number of benzene rings is 2. The topological polar surface area (TPSA) is 126 Å². The van der Waals surface area contributed by atoms with Crippen molar-refractivity contribution in [1.29, 1.82) is 0 Å². The highest BCUT2D eigenvalue weighted by Crippen LogP contribution is 2.27. The molecule has 9 heteroatoms. The minimum Gasteiger partial charge on any atom is -0.385 e. The maximum absolute atomic E-state index is 10.6. The third-order valence-electron chi connectivity index (χ3n) is 6.32. The first-order valence-electron chi connectivity index (χ1n) is 12.8. The summed E-state index contributed by atoms with van der Waals surface area (Å²) in [6, 6.07) is 16.6. The van der Waals surface area contributed by atoms with Gasteiger partial charge in [-0.15, -0.1) is 4.40 Å². The maximum Gasteiger partial charge on any atom is 0.322 e. The van der Waals surface area contributed by atoms with E-state index in [1.807, 2.05) is 13.8 Å². The van der Waals surface area contributed by atoms with Crippen molar-refractivity contribution in [2.75, 3.05) is 10.6 Å². The van der Waals surface area contributed by atoms with Crippen molar-refractivity contribution in [2.24, 2.45) is 10.1 Å². The van der Waals surface area contributed by atoms with E-state index in [-0.39, 0.29) is 11.9 Å². The standard InChI is InChI=1S/2C11H13N.C4H9N3O2S.C3H6O/c2*1-8-7-10-5-3-4-6-11(10)12-9(8)2;1-2-3-4(5)7-10(8,9)6-3;1-2-3-4/h2*3-6,12H,7H2,1-2H3;3,6H,2H2,1H3,(H2,5,7);3H,2H2,1H3. The second-order valence-corrected chi connectivity index (χ2v) is 10.7. The minimum atomic E-state index is -3.44. The van der Waals surface area contributed by atoms with Gasteiger partial charge in [0.1, 0.15) is 12.1 Å². The molecular formula is C29H41N5O3S. The van der Waals surface area contributed by atoms with Gasteiger partial charge in [0.05, 0.1) is 6.04 Å². The van der Waals surface area contributed by atoms with E-state index in [4.69, 9.17) is 5.73 Å². The number of amidine groups is 1. The fraction of sp³-hybridized carbons (Fsp3) is 0.379. The molecule has 3 aliphatic rings. The lowest BCUT2D eigenvalue weighted by molar-refractivity contribution is -0.107. The summed E-state index contributed by atoms with van der Waals surface area (Å²) in [5.41, 5.74) is 16.1. The fourth-order valence-corrected chi connectivity index (χ4v) is 4.91. The first kappa shape index (κ1) is 30.8. The number of para-hydroxylation sites is 2. The Labute approximate surface area is 227 Å². The van der Waals surface area contributed by atoms with Crippen LogP contribution in [-0.2, 0) is 27.8 Å². The van der Waals surface area contributed by atoms with Gasteiger partial charge in [-0.05, 0) is 81.4 Å². The van der Waals surface area contributed by atoms with Gasteiger partial charge in [-0.1, -0.05) is 50.2 Å². The lowest BCUT2D eigenvalue weighted by atomic mass is 9.99. The summed E-state index contributed by atoms with van der Waals surface area (Å²) in [6.07, 6.45) is 4.33. The Hall–Kier alpha value is -3.43. The Morgan fingerprint density at radius 1 is 0.868 bits per heavy atom. The highest BCUT2D eigenvalue weighted by Gasteiger charge is 2.26. The molecule has 1 unspecified atom stereocenters. The van der Waals surface area contributed by atoms with Crippen LogP contribution in [0.25, 0.3) is 0 Å². The molecule has 0 aromatic heterocycles. The average molecular weight is 540 g/mol. The lowest BCUT2D eigenvalue weighted by Gasteiger charge is -2.20. The minimum absolute atomic E-state index is 0.155. The van der Waals surface area contributed by atoms with E-state index in [1.54, 1.807) is 0 Å². The van der Waals surface area contributed by atoms with Gasteiger partial charge in [0.25, 0.3) is 0 Å². The smallest absolute Gasteiger partial charge is 0.322 e. The van der Waals surface area contributed by atoms with Crippen molar-refractivity contribution >= 4 is 33.7 Å². The number of aldehydes is 1. The number of hydrogen-bond acceptors (Lipinski definition) is 6. The number of nitrogens with one attached hydrogen (secondary N) is 3. The molecule has 3 aliphatic heterocycles. The van der Waals surface area contributed by atoms with E-state index < -0.39 is 10.2 Å². The van der Waals surface area contributed by atoms with Crippen LogP contribution >= 0.6 is 0 Å². The molecule has 5 N–H and O–H groups in total. The Morgan fingerprint density at radius 3 is 1.61 bits per heavy atom. The van der Waals surface area contributed by atoms with E-state index in [1.165, 1.54) is 45.0 Å². The molecule has 0 aliphatic carbocycles. The highest BCUT2D eigenvalue weighted by molar-refractivity contribution is 7.88. The zero-order valence-electron chi connectivity index (χ0n) is 23.3. The number of nitrogens with two attached hydrogens (primary N) is 1. The predicted molar refractivity (Wildman–Crippen MR) is 158 cm³/mol. The van der Waals surface area contributed by atoms with Crippen molar-refractivity contribution in [1.82, 2.24) is 4.72 Å². The van der Waals surface area contributed by atoms with Gasteiger partial charge in [-0.3, -0.25) is 0 Å². The molecule has 5 rings (SSSR count). The number of nitrogens with zero attached hydrogens (tertiary/aromatic N) is 1. The zero-order chi connectivity index (χ0) is 28.3. The summed E-state index contributed by atoms with van der Waals surface area (Å²) in [6.45, 7) is 12.3. The third kappa shape index (κ3) is 9.15. The summed E-state index contributed by atoms with van der Waals surface area (Å²) in [5, 5.41) is 6.78. The fourth-order valence-electron chi connectivity index (χ4n) is 3.81. The molecule has 0 radical (unpaired) electrons. The van der Waals surface area contributed by atoms with Crippen LogP contribution in [-0.4, -0.2) is 26.6 Å². The summed E-state index contributed by atoms with van der Waals surface area (Å²) < 4.78 is 26.8. The number of carbonyl (C=O) groups is 1. The second-order valence-electron chi connectivity index (χ2n) is 9.37. The van der Waals surface area contributed by atoms with Crippen LogP contribution in [0.1, 0.15) is 65.5 Å². The number of carbonyl (C=O) groups excluding carboxylic acids is 1. The molecule has 8 nitrogen and oxygen atoms in total. The molecular weight excluding hydrogens is 498 g/mol. The van der Waals surface area contributed by atoms with Crippen LogP contribution < -0.4 is 21.1 Å². The normalized spacial score (nSPS) is 18.4. The van der Waals surface area contributed by atoms with Crippen molar-refractivity contribution in [3.05, 3.63) is 82.2 Å². The third-order valence-corrected chi connectivity index (χ3v) is 7.35. The largest absolute Gasteiger partial charge is 0.385 e. The average Bonchev–Trinajstić information content (AvgIpc) is 3.17. The zero-order valence-corrected chi connectivity index (χ0v) is 24.1. The predicted octanol–water partition coefficient (Wildman–Crippen LogP) is 5.46.